The summed E-state index contributed by atoms with van der Waals surface area (Å²) in [6.45, 7) is 0.940. The maximum absolute atomic E-state index is 11.8. The van der Waals surface area contributed by atoms with Crippen molar-refractivity contribution in [3.8, 4) is 0 Å². The second-order valence-electron chi connectivity index (χ2n) is 4.72. The van der Waals surface area contributed by atoms with Gasteiger partial charge in [-0.1, -0.05) is 0 Å². The van der Waals surface area contributed by atoms with Crippen LogP contribution < -0.4 is 10.0 Å². The topological polar surface area (TPSA) is 67.4 Å². The van der Waals surface area contributed by atoms with Gasteiger partial charge in [0.2, 0.25) is 10.0 Å². The fourth-order valence-corrected chi connectivity index (χ4v) is 3.93. The molecule has 0 amide bonds. The van der Waals surface area contributed by atoms with E-state index < -0.39 is 10.0 Å². The molecule has 1 unspecified atom stereocenters. The zero-order valence-electron chi connectivity index (χ0n) is 9.61. The summed E-state index contributed by atoms with van der Waals surface area (Å²) < 4.78 is 31.4. The predicted molar refractivity (Wildman–Crippen MR) is 61.8 cm³/mol. The molecule has 5 nitrogen and oxygen atoms in total. The maximum Gasteiger partial charge on any atom is 0.213 e. The average Bonchev–Trinajstić information content (AvgIpc) is 2.62. The molecule has 6 heteroatoms. The average molecular weight is 248 g/mol. The summed E-state index contributed by atoms with van der Waals surface area (Å²) >= 11 is 0. The lowest BCUT2D eigenvalue weighted by molar-refractivity contribution is 0.0236. The quantitative estimate of drug-likeness (QED) is 0.709. The molecular formula is C10H20N2O3S. The molecule has 2 fully saturated rings. The van der Waals surface area contributed by atoms with Gasteiger partial charge in [0, 0.05) is 19.2 Å². The van der Waals surface area contributed by atoms with Crippen LogP contribution in [0.4, 0.5) is 0 Å². The van der Waals surface area contributed by atoms with Crippen molar-refractivity contribution in [3.63, 3.8) is 0 Å². The van der Waals surface area contributed by atoms with Crippen molar-refractivity contribution in [3.05, 3.63) is 0 Å². The van der Waals surface area contributed by atoms with Crippen LogP contribution in [0.25, 0.3) is 0 Å². The lowest BCUT2D eigenvalue weighted by Gasteiger charge is -2.34. The Hall–Kier alpha value is -0.170. The molecule has 1 saturated carbocycles. The van der Waals surface area contributed by atoms with Crippen LogP contribution in [-0.2, 0) is 14.8 Å². The van der Waals surface area contributed by atoms with Crippen molar-refractivity contribution in [2.75, 3.05) is 19.4 Å². The van der Waals surface area contributed by atoms with E-state index >= 15 is 0 Å². The van der Waals surface area contributed by atoms with Crippen molar-refractivity contribution in [1.29, 1.82) is 0 Å². The standard InChI is InChI=1S/C10H20N2O3S/c1-15-10-5-9(6-10)12-16(13,14)7-8-3-2-4-11-8/h8-12H,2-7H2,1H3. The summed E-state index contributed by atoms with van der Waals surface area (Å²) in [6.07, 6.45) is 3.88. The van der Waals surface area contributed by atoms with Crippen LogP contribution >= 0.6 is 0 Å². The van der Waals surface area contributed by atoms with E-state index in [-0.39, 0.29) is 23.9 Å². The molecule has 1 aliphatic carbocycles. The van der Waals surface area contributed by atoms with Gasteiger partial charge in [0.15, 0.2) is 0 Å². The molecular weight excluding hydrogens is 228 g/mol. The number of hydrogen-bond donors (Lipinski definition) is 2. The third-order valence-electron chi connectivity index (χ3n) is 3.36. The fourth-order valence-electron chi connectivity index (χ4n) is 2.32. The van der Waals surface area contributed by atoms with Crippen LogP contribution in [0, 0.1) is 0 Å². The summed E-state index contributed by atoms with van der Waals surface area (Å²) in [5.74, 6) is 0.209. The minimum atomic E-state index is -3.12. The Balaban J connectivity index is 1.75. The number of rotatable bonds is 5. The van der Waals surface area contributed by atoms with Crippen molar-refractivity contribution >= 4 is 10.0 Å². The molecule has 2 N–H and O–H groups in total. The molecule has 0 aromatic carbocycles. The first-order valence-electron chi connectivity index (χ1n) is 5.85. The van der Waals surface area contributed by atoms with Gasteiger partial charge in [0.1, 0.15) is 0 Å². The van der Waals surface area contributed by atoms with Gasteiger partial charge >= 0.3 is 0 Å². The van der Waals surface area contributed by atoms with Gasteiger partial charge < -0.3 is 10.1 Å². The Kier molecular flexibility index (Phi) is 3.84. The Morgan fingerprint density at radius 3 is 2.75 bits per heavy atom. The van der Waals surface area contributed by atoms with Crippen molar-refractivity contribution in [2.24, 2.45) is 0 Å². The fraction of sp³-hybridized carbons (Fsp3) is 1.00. The number of hydrogen-bond acceptors (Lipinski definition) is 4. The summed E-state index contributed by atoms with van der Waals surface area (Å²) in [5, 5.41) is 3.20. The normalized spacial score (nSPS) is 34.9. The van der Waals surface area contributed by atoms with Crippen LogP contribution in [0.1, 0.15) is 25.7 Å². The van der Waals surface area contributed by atoms with E-state index in [0.717, 1.165) is 32.2 Å². The predicted octanol–water partition coefficient (Wildman–Crippen LogP) is -0.165. The smallest absolute Gasteiger partial charge is 0.213 e. The second-order valence-corrected chi connectivity index (χ2v) is 6.52. The van der Waals surface area contributed by atoms with Gasteiger partial charge in [0.25, 0.3) is 0 Å². The summed E-state index contributed by atoms with van der Waals surface area (Å²) in [4.78, 5) is 0. The Morgan fingerprint density at radius 1 is 1.44 bits per heavy atom. The van der Waals surface area contributed by atoms with Crippen molar-refractivity contribution < 1.29 is 13.2 Å². The summed E-state index contributed by atoms with van der Waals surface area (Å²) in [5.41, 5.74) is 0. The molecule has 0 aromatic rings. The largest absolute Gasteiger partial charge is 0.381 e. The van der Waals surface area contributed by atoms with E-state index in [1.165, 1.54) is 0 Å². The summed E-state index contributed by atoms with van der Waals surface area (Å²) in [7, 11) is -1.46. The van der Waals surface area contributed by atoms with Crippen LogP contribution in [0.15, 0.2) is 0 Å². The van der Waals surface area contributed by atoms with Crippen LogP contribution in [0.2, 0.25) is 0 Å². The van der Waals surface area contributed by atoms with Crippen LogP contribution in [-0.4, -0.2) is 46.0 Å². The Morgan fingerprint density at radius 2 is 2.19 bits per heavy atom. The van der Waals surface area contributed by atoms with E-state index in [4.69, 9.17) is 4.74 Å². The molecule has 0 spiro atoms. The minimum Gasteiger partial charge on any atom is -0.381 e. The van der Waals surface area contributed by atoms with Crippen molar-refractivity contribution in [1.82, 2.24) is 10.0 Å². The highest BCUT2D eigenvalue weighted by Gasteiger charge is 2.33. The molecule has 0 bridgehead atoms. The van der Waals surface area contributed by atoms with E-state index in [2.05, 4.69) is 10.0 Å². The first-order chi connectivity index (χ1) is 7.59. The minimum absolute atomic E-state index is 0.0800. The zero-order valence-corrected chi connectivity index (χ0v) is 10.4. The molecule has 2 aliphatic rings. The number of nitrogens with one attached hydrogen (secondary N) is 2. The van der Waals surface area contributed by atoms with Gasteiger partial charge in [0.05, 0.1) is 11.9 Å². The molecule has 1 aliphatic heterocycles. The molecule has 1 atom stereocenters. The monoisotopic (exact) mass is 248 g/mol. The first kappa shape index (κ1) is 12.3. The van der Waals surface area contributed by atoms with Gasteiger partial charge in [-0.05, 0) is 32.2 Å². The second kappa shape index (κ2) is 5.00. The number of sulfonamides is 1. The SMILES string of the molecule is COC1CC(NS(=O)(=O)CC2CCCN2)C1. The van der Waals surface area contributed by atoms with E-state index in [0.29, 0.717) is 0 Å². The lowest BCUT2D eigenvalue weighted by atomic mass is 9.90. The Labute approximate surface area is 97.0 Å². The third kappa shape index (κ3) is 3.16. The zero-order chi connectivity index (χ0) is 11.6. The molecule has 2 rings (SSSR count). The highest BCUT2D eigenvalue weighted by Crippen LogP contribution is 2.23. The Bertz CT molecular complexity index is 319. The molecule has 94 valence electrons. The molecule has 16 heavy (non-hydrogen) atoms. The van der Waals surface area contributed by atoms with Gasteiger partial charge in [-0.25, -0.2) is 13.1 Å². The maximum atomic E-state index is 11.8. The number of ether oxygens (including phenoxy) is 1. The molecule has 0 aromatic heterocycles. The van der Waals surface area contributed by atoms with Crippen LogP contribution in [0.3, 0.4) is 0 Å². The third-order valence-corrected chi connectivity index (χ3v) is 4.89. The van der Waals surface area contributed by atoms with Crippen LogP contribution in [0.5, 0.6) is 0 Å². The van der Waals surface area contributed by atoms with E-state index in [9.17, 15) is 8.42 Å². The first-order valence-corrected chi connectivity index (χ1v) is 7.50. The van der Waals surface area contributed by atoms with Gasteiger partial charge in [-0.15, -0.1) is 0 Å². The van der Waals surface area contributed by atoms with Gasteiger partial charge in [-0.3, -0.25) is 0 Å². The summed E-state index contributed by atoms with van der Waals surface area (Å²) in [6, 6.07) is 0.215. The van der Waals surface area contributed by atoms with E-state index in [1.54, 1.807) is 7.11 Å². The van der Waals surface area contributed by atoms with Crippen molar-refractivity contribution in [2.45, 2.75) is 43.9 Å². The molecule has 0 radical (unpaired) electrons. The lowest BCUT2D eigenvalue weighted by Crippen LogP contribution is -2.49. The molecule has 1 heterocycles. The number of methoxy groups -OCH3 is 1. The van der Waals surface area contributed by atoms with E-state index in [1.807, 2.05) is 0 Å². The highest BCUT2D eigenvalue weighted by atomic mass is 32.2. The highest BCUT2D eigenvalue weighted by molar-refractivity contribution is 7.89. The van der Waals surface area contributed by atoms with Gasteiger partial charge in [-0.2, -0.15) is 0 Å². The molecule has 1 saturated heterocycles.